The number of nitrogens with zero attached hydrogens (tertiary/aromatic N) is 2. The minimum absolute atomic E-state index is 0.0388. The molecule has 0 unspecified atom stereocenters. The molecule has 0 fully saturated rings. The lowest BCUT2D eigenvalue weighted by Crippen LogP contribution is -2.55. The summed E-state index contributed by atoms with van der Waals surface area (Å²) < 4.78 is 32.1. The van der Waals surface area contributed by atoms with Gasteiger partial charge in [0.05, 0.1) is 19.1 Å². The second-order valence-electron chi connectivity index (χ2n) is 9.72. The van der Waals surface area contributed by atoms with Crippen molar-refractivity contribution in [2.24, 2.45) is 0 Å². The number of amides is 2. The summed E-state index contributed by atoms with van der Waals surface area (Å²) in [7, 11) is -2.44. The SMILES string of the molecule is CC[C@@H](C(=O)NC(C)(C)C)N(Cc1ccccc1Cl)C(=O)CN(c1cc(C)ccc1OC)S(C)(=O)=O. The van der Waals surface area contributed by atoms with Gasteiger partial charge in [-0.05, 0) is 63.4 Å². The van der Waals surface area contributed by atoms with E-state index in [-0.39, 0.29) is 18.1 Å². The molecule has 0 bridgehead atoms. The molecule has 0 aliphatic carbocycles. The molecule has 10 heteroatoms. The maximum Gasteiger partial charge on any atom is 0.244 e. The highest BCUT2D eigenvalue weighted by Crippen LogP contribution is 2.31. The molecular weight excluding hydrogens is 502 g/mol. The van der Waals surface area contributed by atoms with E-state index >= 15 is 0 Å². The third-order valence-electron chi connectivity index (χ3n) is 5.46. The van der Waals surface area contributed by atoms with Gasteiger partial charge < -0.3 is 15.0 Å². The number of carbonyl (C=O) groups is 2. The zero-order chi connectivity index (χ0) is 27.3. The third-order valence-corrected chi connectivity index (χ3v) is 6.96. The summed E-state index contributed by atoms with van der Waals surface area (Å²) >= 11 is 6.38. The number of aryl methyl sites for hydroxylation is 1. The number of sulfonamides is 1. The van der Waals surface area contributed by atoms with Crippen molar-refractivity contribution in [1.29, 1.82) is 0 Å². The number of carbonyl (C=O) groups excluding carboxylic acids is 2. The van der Waals surface area contributed by atoms with E-state index < -0.39 is 34.1 Å². The number of anilines is 1. The summed E-state index contributed by atoms with van der Waals surface area (Å²) in [5.74, 6) is -0.557. The molecule has 0 spiro atoms. The Morgan fingerprint density at radius 3 is 2.31 bits per heavy atom. The van der Waals surface area contributed by atoms with E-state index in [1.165, 1.54) is 12.0 Å². The lowest BCUT2D eigenvalue weighted by Gasteiger charge is -2.34. The predicted octanol–water partition coefficient (Wildman–Crippen LogP) is 4.15. The van der Waals surface area contributed by atoms with Crippen LogP contribution in [0.15, 0.2) is 42.5 Å². The standard InChI is InChI=1S/C26H36ClN3O5S/c1-8-21(25(32)28-26(3,4)5)29(16-19-11-9-10-12-20(19)27)24(31)17-30(36(7,33)34)22-15-18(2)13-14-23(22)35-6/h9-15,21H,8,16-17H2,1-7H3,(H,28,32)/t21-/m0/s1. The van der Waals surface area contributed by atoms with Crippen molar-refractivity contribution < 1.29 is 22.7 Å². The lowest BCUT2D eigenvalue weighted by molar-refractivity contribution is -0.141. The number of halogens is 1. The van der Waals surface area contributed by atoms with Gasteiger partial charge in [0.25, 0.3) is 0 Å². The van der Waals surface area contributed by atoms with Gasteiger partial charge in [-0.3, -0.25) is 13.9 Å². The van der Waals surface area contributed by atoms with Crippen LogP contribution >= 0.6 is 11.6 Å². The van der Waals surface area contributed by atoms with Crippen molar-refractivity contribution in [3.63, 3.8) is 0 Å². The van der Waals surface area contributed by atoms with Crippen LogP contribution in [0.3, 0.4) is 0 Å². The van der Waals surface area contributed by atoms with Gasteiger partial charge >= 0.3 is 0 Å². The van der Waals surface area contributed by atoms with E-state index in [1.54, 1.807) is 49.4 Å². The zero-order valence-corrected chi connectivity index (χ0v) is 23.5. The van der Waals surface area contributed by atoms with Gasteiger partial charge in [-0.2, -0.15) is 0 Å². The molecular formula is C26H36ClN3O5S. The molecule has 0 aliphatic rings. The summed E-state index contributed by atoms with van der Waals surface area (Å²) in [6.45, 7) is 8.71. The van der Waals surface area contributed by atoms with E-state index in [0.717, 1.165) is 16.1 Å². The first-order valence-electron chi connectivity index (χ1n) is 11.6. The minimum Gasteiger partial charge on any atom is -0.495 e. The Kier molecular flexibility index (Phi) is 9.79. The van der Waals surface area contributed by atoms with E-state index in [4.69, 9.17) is 16.3 Å². The molecule has 36 heavy (non-hydrogen) atoms. The van der Waals surface area contributed by atoms with Crippen LogP contribution < -0.4 is 14.4 Å². The van der Waals surface area contributed by atoms with Gasteiger partial charge in [-0.1, -0.05) is 42.8 Å². The monoisotopic (exact) mass is 537 g/mol. The Bertz CT molecular complexity index is 1190. The van der Waals surface area contributed by atoms with Gasteiger partial charge in [0.15, 0.2) is 0 Å². The summed E-state index contributed by atoms with van der Waals surface area (Å²) in [6.07, 6.45) is 1.36. The Labute approximate surface area is 219 Å². The van der Waals surface area contributed by atoms with Crippen molar-refractivity contribution in [2.75, 3.05) is 24.2 Å². The number of methoxy groups -OCH3 is 1. The van der Waals surface area contributed by atoms with E-state index in [9.17, 15) is 18.0 Å². The minimum atomic E-state index is -3.88. The molecule has 0 aromatic heterocycles. The first-order chi connectivity index (χ1) is 16.7. The number of rotatable bonds is 10. The molecule has 0 aliphatic heterocycles. The van der Waals surface area contributed by atoms with Crippen LogP contribution in [0, 0.1) is 6.92 Å². The number of hydrogen-bond donors (Lipinski definition) is 1. The fourth-order valence-corrected chi connectivity index (χ4v) is 4.81. The van der Waals surface area contributed by atoms with Gasteiger partial charge in [-0.25, -0.2) is 8.42 Å². The van der Waals surface area contributed by atoms with Crippen LogP contribution in [-0.2, 0) is 26.2 Å². The van der Waals surface area contributed by atoms with Gasteiger partial charge in [-0.15, -0.1) is 0 Å². The van der Waals surface area contributed by atoms with Crippen LogP contribution in [0.1, 0.15) is 45.2 Å². The molecule has 0 heterocycles. The first kappa shape index (κ1) is 29.5. The highest BCUT2D eigenvalue weighted by molar-refractivity contribution is 7.92. The van der Waals surface area contributed by atoms with E-state index in [0.29, 0.717) is 22.8 Å². The van der Waals surface area contributed by atoms with Gasteiger partial charge in [0, 0.05) is 17.1 Å². The average molecular weight is 538 g/mol. The fourth-order valence-electron chi connectivity index (χ4n) is 3.77. The fraction of sp³-hybridized carbons (Fsp3) is 0.462. The molecule has 1 N–H and O–H groups in total. The largest absolute Gasteiger partial charge is 0.495 e. The zero-order valence-electron chi connectivity index (χ0n) is 22.0. The molecule has 1 atom stereocenters. The Balaban J connectivity index is 2.55. The van der Waals surface area contributed by atoms with Crippen molar-refractivity contribution in [3.05, 3.63) is 58.6 Å². The maximum absolute atomic E-state index is 13.8. The Morgan fingerprint density at radius 1 is 1.14 bits per heavy atom. The number of ether oxygens (including phenoxy) is 1. The number of nitrogens with one attached hydrogen (secondary N) is 1. The average Bonchev–Trinajstić information content (AvgIpc) is 2.76. The molecule has 0 radical (unpaired) electrons. The summed E-state index contributed by atoms with van der Waals surface area (Å²) in [5.41, 5.74) is 1.18. The molecule has 2 rings (SSSR count). The van der Waals surface area contributed by atoms with Gasteiger partial charge in [0.1, 0.15) is 18.3 Å². The summed E-state index contributed by atoms with van der Waals surface area (Å²) in [4.78, 5) is 28.4. The van der Waals surface area contributed by atoms with Crippen molar-refractivity contribution in [2.45, 2.75) is 59.2 Å². The molecule has 2 aromatic rings. The third kappa shape index (κ3) is 7.86. The lowest BCUT2D eigenvalue weighted by atomic mass is 10.1. The van der Waals surface area contributed by atoms with Crippen LogP contribution in [0.5, 0.6) is 5.75 Å². The van der Waals surface area contributed by atoms with Crippen LogP contribution in [0.25, 0.3) is 0 Å². The summed E-state index contributed by atoms with van der Waals surface area (Å²) in [6, 6.07) is 11.3. The topological polar surface area (TPSA) is 96.0 Å². The van der Waals surface area contributed by atoms with Crippen LogP contribution in [0.4, 0.5) is 5.69 Å². The quantitative estimate of drug-likeness (QED) is 0.491. The smallest absolute Gasteiger partial charge is 0.244 e. The Hall–Kier alpha value is -2.78. The number of hydrogen-bond acceptors (Lipinski definition) is 5. The molecule has 8 nitrogen and oxygen atoms in total. The Morgan fingerprint density at radius 2 is 1.78 bits per heavy atom. The normalized spacial score (nSPS) is 12.6. The van der Waals surface area contributed by atoms with E-state index in [1.807, 2.05) is 27.7 Å². The van der Waals surface area contributed by atoms with Crippen molar-refractivity contribution >= 4 is 39.1 Å². The molecule has 2 amide bonds. The second-order valence-corrected chi connectivity index (χ2v) is 12.0. The van der Waals surface area contributed by atoms with Crippen LogP contribution in [-0.4, -0.2) is 56.6 Å². The predicted molar refractivity (Wildman–Crippen MR) is 144 cm³/mol. The highest BCUT2D eigenvalue weighted by atomic mass is 35.5. The molecule has 198 valence electrons. The number of benzene rings is 2. The van der Waals surface area contributed by atoms with E-state index in [2.05, 4.69) is 5.32 Å². The van der Waals surface area contributed by atoms with Crippen molar-refractivity contribution in [3.8, 4) is 5.75 Å². The highest BCUT2D eigenvalue weighted by Gasteiger charge is 2.34. The molecule has 2 aromatic carbocycles. The molecule has 0 saturated heterocycles. The summed E-state index contributed by atoms with van der Waals surface area (Å²) in [5, 5.41) is 3.38. The second kappa shape index (κ2) is 12.0. The van der Waals surface area contributed by atoms with Crippen molar-refractivity contribution in [1.82, 2.24) is 10.2 Å². The van der Waals surface area contributed by atoms with Gasteiger partial charge in [0.2, 0.25) is 21.8 Å². The maximum atomic E-state index is 13.8. The molecule has 0 saturated carbocycles. The van der Waals surface area contributed by atoms with Crippen LogP contribution in [0.2, 0.25) is 5.02 Å². The first-order valence-corrected chi connectivity index (χ1v) is 13.9.